The fraction of sp³-hybridized carbons (Fsp3) is 0.238. The van der Waals surface area contributed by atoms with Gasteiger partial charge in [0.2, 0.25) is 5.91 Å². The summed E-state index contributed by atoms with van der Waals surface area (Å²) in [7, 11) is 0. The van der Waals surface area contributed by atoms with Gasteiger partial charge in [-0.1, -0.05) is 12.1 Å². The second-order valence-electron chi connectivity index (χ2n) is 6.82. The first-order chi connectivity index (χ1) is 13.1. The number of nitrogens with two attached hydrogens (primary N) is 1. The molecule has 6 heteroatoms. The predicted molar refractivity (Wildman–Crippen MR) is 103 cm³/mol. The van der Waals surface area contributed by atoms with Crippen LogP contribution in [-0.2, 0) is 11.2 Å². The summed E-state index contributed by atoms with van der Waals surface area (Å²) in [5.74, 6) is -0.420. The minimum absolute atomic E-state index is 0.000603. The summed E-state index contributed by atoms with van der Waals surface area (Å²) in [5, 5.41) is 0. The van der Waals surface area contributed by atoms with E-state index in [1.807, 2.05) is 35.2 Å². The quantitative estimate of drug-likeness (QED) is 0.774. The number of likely N-dealkylation sites (tertiary alicyclic amines) is 1. The molecule has 2 aromatic carbocycles. The first-order valence-electron chi connectivity index (χ1n) is 9.03. The van der Waals surface area contributed by atoms with Gasteiger partial charge in [0.05, 0.1) is 17.5 Å². The van der Waals surface area contributed by atoms with Gasteiger partial charge in [0.1, 0.15) is 0 Å². The van der Waals surface area contributed by atoms with Crippen molar-refractivity contribution in [3.8, 4) is 11.1 Å². The van der Waals surface area contributed by atoms with Gasteiger partial charge in [-0.05, 0) is 53.8 Å². The molecule has 2 heterocycles. The molecular weight excluding hydrogens is 340 g/mol. The lowest BCUT2D eigenvalue weighted by atomic mass is 9.97. The maximum Gasteiger partial charge on any atom is 0.253 e. The Balaban J connectivity index is 1.78. The molecule has 27 heavy (non-hydrogen) atoms. The average Bonchev–Trinajstić information content (AvgIpc) is 3.21. The lowest BCUT2D eigenvalue weighted by molar-refractivity contribution is -0.117. The Kier molecular flexibility index (Phi) is 4.54. The van der Waals surface area contributed by atoms with Crippen LogP contribution in [0.3, 0.4) is 0 Å². The maximum atomic E-state index is 12.9. The Morgan fingerprint density at radius 3 is 2.41 bits per heavy atom. The van der Waals surface area contributed by atoms with Crippen LogP contribution in [0.1, 0.15) is 28.8 Å². The van der Waals surface area contributed by atoms with Gasteiger partial charge in [-0.25, -0.2) is 0 Å². The van der Waals surface area contributed by atoms with Crippen molar-refractivity contribution in [3.05, 3.63) is 59.9 Å². The second kappa shape index (κ2) is 7.15. The Hall–Kier alpha value is -3.28. The van der Waals surface area contributed by atoms with Crippen molar-refractivity contribution in [2.24, 2.45) is 5.73 Å². The molecule has 0 aliphatic carbocycles. The van der Waals surface area contributed by atoms with E-state index in [1.165, 1.54) is 0 Å². The smallest absolute Gasteiger partial charge is 0.253 e. The molecule has 136 valence electrons. The molecule has 0 saturated carbocycles. The highest BCUT2D eigenvalue weighted by atomic mass is 16.2. The standard InChI is InChI=1S/C21H20N4O2/c22-20(26)11-14-9-16(12-17(10-14)21(27)25-7-1-2-8-25)15-3-4-18-19(13-15)24-6-5-23-18/h3-6,9-10,12-13H,1-2,7-8,11H2,(H2,22,26). The Labute approximate surface area is 157 Å². The van der Waals surface area contributed by atoms with Crippen molar-refractivity contribution < 1.29 is 9.59 Å². The van der Waals surface area contributed by atoms with Crippen LogP contribution in [0.4, 0.5) is 0 Å². The third kappa shape index (κ3) is 3.65. The van der Waals surface area contributed by atoms with Gasteiger partial charge in [0.25, 0.3) is 5.91 Å². The van der Waals surface area contributed by atoms with E-state index in [-0.39, 0.29) is 12.3 Å². The van der Waals surface area contributed by atoms with E-state index in [1.54, 1.807) is 18.5 Å². The van der Waals surface area contributed by atoms with E-state index < -0.39 is 5.91 Å². The first-order valence-corrected chi connectivity index (χ1v) is 9.03. The number of carbonyl (C=O) groups is 2. The number of hydrogen-bond acceptors (Lipinski definition) is 4. The first kappa shape index (κ1) is 17.1. The van der Waals surface area contributed by atoms with Crippen LogP contribution in [-0.4, -0.2) is 39.8 Å². The molecule has 1 saturated heterocycles. The van der Waals surface area contributed by atoms with Crippen LogP contribution < -0.4 is 5.73 Å². The number of amides is 2. The van der Waals surface area contributed by atoms with E-state index in [4.69, 9.17) is 5.73 Å². The van der Waals surface area contributed by atoms with Crippen LogP contribution in [0.5, 0.6) is 0 Å². The highest BCUT2D eigenvalue weighted by Crippen LogP contribution is 2.26. The van der Waals surface area contributed by atoms with Gasteiger partial charge in [-0.15, -0.1) is 0 Å². The van der Waals surface area contributed by atoms with Gasteiger partial charge in [0, 0.05) is 31.0 Å². The fourth-order valence-electron chi connectivity index (χ4n) is 3.53. The van der Waals surface area contributed by atoms with Crippen molar-refractivity contribution >= 4 is 22.8 Å². The molecule has 0 bridgehead atoms. The van der Waals surface area contributed by atoms with Gasteiger partial charge >= 0.3 is 0 Å². The SMILES string of the molecule is NC(=O)Cc1cc(C(=O)N2CCCC2)cc(-c2ccc3nccnc3c2)c1. The number of primary amides is 1. The lowest BCUT2D eigenvalue weighted by Gasteiger charge is -2.17. The van der Waals surface area contributed by atoms with Gasteiger partial charge in [-0.2, -0.15) is 0 Å². The van der Waals surface area contributed by atoms with Crippen molar-refractivity contribution in [2.75, 3.05) is 13.1 Å². The zero-order valence-corrected chi connectivity index (χ0v) is 14.9. The number of fused-ring (bicyclic) bond motifs is 1. The van der Waals surface area contributed by atoms with Crippen molar-refractivity contribution in [2.45, 2.75) is 19.3 Å². The van der Waals surface area contributed by atoms with Crippen LogP contribution in [0.2, 0.25) is 0 Å². The number of carbonyl (C=O) groups excluding carboxylic acids is 2. The molecular formula is C21H20N4O2. The highest BCUT2D eigenvalue weighted by molar-refractivity contribution is 5.96. The number of rotatable bonds is 4. The topological polar surface area (TPSA) is 89.2 Å². The molecule has 4 rings (SSSR count). The molecule has 0 atom stereocenters. The molecule has 2 N–H and O–H groups in total. The van der Waals surface area contributed by atoms with Gasteiger partial charge in [-0.3, -0.25) is 19.6 Å². The van der Waals surface area contributed by atoms with Crippen molar-refractivity contribution in [1.29, 1.82) is 0 Å². The fourth-order valence-corrected chi connectivity index (χ4v) is 3.53. The number of benzene rings is 2. The number of nitrogens with zero attached hydrogens (tertiary/aromatic N) is 3. The molecule has 0 unspecified atom stereocenters. The highest BCUT2D eigenvalue weighted by Gasteiger charge is 2.20. The summed E-state index contributed by atoms with van der Waals surface area (Å²) < 4.78 is 0. The normalized spacial score (nSPS) is 13.9. The van der Waals surface area contributed by atoms with Gasteiger partial charge < -0.3 is 10.6 Å². The van der Waals surface area contributed by atoms with Crippen molar-refractivity contribution in [3.63, 3.8) is 0 Å². The maximum absolute atomic E-state index is 12.9. The van der Waals surface area contributed by atoms with E-state index in [0.29, 0.717) is 5.56 Å². The zero-order valence-electron chi connectivity index (χ0n) is 14.9. The Morgan fingerprint density at radius 1 is 0.926 bits per heavy atom. The molecule has 1 aliphatic rings. The van der Waals surface area contributed by atoms with Crippen molar-refractivity contribution in [1.82, 2.24) is 14.9 Å². The van der Waals surface area contributed by atoms with Crippen LogP contribution in [0.25, 0.3) is 22.2 Å². The molecule has 2 amide bonds. The lowest BCUT2D eigenvalue weighted by Crippen LogP contribution is -2.27. The largest absolute Gasteiger partial charge is 0.369 e. The molecule has 6 nitrogen and oxygen atoms in total. The van der Waals surface area contributed by atoms with Gasteiger partial charge in [0.15, 0.2) is 0 Å². The molecule has 1 aromatic heterocycles. The van der Waals surface area contributed by atoms with Crippen LogP contribution >= 0.6 is 0 Å². The van der Waals surface area contributed by atoms with E-state index in [0.717, 1.165) is 53.7 Å². The number of aromatic nitrogens is 2. The minimum atomic E-state index is -0.420. The summed E-state index contributed by atoms with van der Waals surface area (Å²) in [6.07, 6.45) is 5.47. The molecule has 0 radical (unpaired) electrons. The monoisotopic (exact) mass is 360 g/mol. The van der Waals surface area contributed by atoms with E-state index >= 15 is 0 Å². The molecule has 3 aromatic rings. The molecule has 0 spiro atoms. The summed E-state index contributed by atoms with van der Waals surface area (Å²) in [6, 6.07) is 11.3. The van der Waals surface area contributed by atoms with Crippen LogP contribution in [0.15, 0.2) is 48.8 Å². The van der Waals surface area contributed by atoms with E-state index in [9.17, 15) is 9.59 Å². The minimum Gasteiger partial charge on any atom is -0.369 e. The predicted octanol–water partition coefficient (Wildman–Crippen LogP) is 2.56. The third-order valence-electron chi connectivity index (χ3n) is 4.81. The summed E-state index contributed by atoms with van der Waals surface area (Å²) in [4.78, 5) is 34.8. The Morgan fingerprint density at radius 2 is 1.67 bits per heavy atom. The molecule has 1 fully saturated rings. The summed E-state index contributed by atoms with van der Waals surface area (Å²) in [5.41, 5.74) is 10.1. The Bertz CT molecular complexity index is 1030. The third-order valence-corrected chi connectivity index (χ3v) is 4.81. The average molecular weight is 360 g/mol. The number of hydrogen-bond donors (Lipinski definition) is 1. The zero-order chi connectivity index (χ0) is 18.8. The van der Waals surface area contributed by atoms with E-state index in [2.05, 4.69) is 9.97 Å². The summed E-state index contributed by atoms with van der Waals surface area (Å²) in [6.45, 7) is 1.56. The second-order valence-corrected chi connectivity index (χ2v) is 6.82. The molecule has 1 aliphatic heterocycles. The summed E-state index contributed by atoms with van der Waals surface area (Å²) >= 11 is 0. The van der Waals surface area contributed by atoms with Crippen LogP contribution in [0, 0.1) is 0 Å².